The molecule has 2 aromatic heterocycles. The quantitative estimate of drug-likeness (QED) is 0.307. The van der Waals surface area contributed by atoms with Crippen molar-refractivity contribution in [3.8, 4) is 28.5 Å². The molecule has 5 rings (SSSR count). The van der Waals surface area contributed by atoms with Gasteiger partial charge in [0, 0.05) is 37.7 Å². The molecule has 1 aliphatic heterocycles. The fourth-order valence-corrected chi connectivity index (χ4v) is 5.22. The Balaban J connectivity index is 1.68. The Morgan fingerprint density at radius 2 is 1.79 bits per heavy atom. The van der Waals surface area contributed by atoms with Crippen LogP contribution in [0.2, 0.25) is 0 Å². The summed E-state index contributed by atoms with van der Waals surface area (Å²) in [6.45, 7) is 3.35. The van der Waals surface area contributed by atoms with Gasteiger partial charge in [0.2, 0.25) is 0 Å². The van der Waals surface area contributed by atoms with Gasteiger partial charge in [-0.2, -0.15) is 5.10 Å². The number of carbonyl (C=O) groups excluding carboxylic acids is 1. The number of carbonyl (C=O) groups is 1. The zero-order valence-corrected chi connectivity index (χ0v) is 23.1. The number of nitrogens with zero attached hydrogens (tertiary/aromatic N) is 4. The maximum absolute atomic E-state index is 13.9. The lowest BCUT2D eigenvalue weighted by Gasteiger charge is -2.27. The molecule has 1 aliphatic rings. The lowest BCUT2D eigenvalue weighted by Crippen LogP contribution is -2.38. The second kappa shape index (κ2) is 11.3. The highest BCUT2D eigenvalue weighted by Crippen LogP contribution is 2.38. The van der Waals surface area contributed by atoms with E-state index in [9.17, 15) is 4.79 Å². The van der Waals surface area contributed by atoms with Gasteiger partial charge in [0.1, 0.15) is 28.5 Å². The third-order valence-electron chi connectivity index (χ3n) is 7.11. The van der Waals surface area contributed by atoms with E-state index >= 15 is 0 Å². The van der Waals surface area contributed by atoms with Gasteiger partial charge in [-0.25, -0.2) is 4.98 Å². The number of aryl methyl sites for hydroxylation is 2. The lowest BCUT2D eigenvalue weighted by atomic mass is 10.0. The van der Waals surface area contributed by atoms with Gasteiger partial charge in [-0.3, -0.25) is 9.48 Å². The van der Waals surface area contributed by atoms with Crippen LogP contribution in [0.4, 0.5) is 0 Å². The van der Waals surface area contributed by atoms with E-state index in [1.54, 1.807) is 33.1 Å². The summed E-state index contributed by atoms with van der Waals surface area (Å²) in [4.78, 5) is 20.9. The van der Waals surface area contributed by atoms with E-state index in [0.29, 0.717) is 53.8 Å². The zero-order chi connectivity index (χ0) is 27.5. The highest BCUT2D eigenvalue weighted by molar-refractivity contribution is 5.95. The Bertz CT molecular complexity index is 1490. The minimum absolute atomic E-state index is 0.0268. The fourth-order valence-electron chi connectivity index (χ4n) is 5.22. The first-order chi connectivity index (χ1) is 18.9. The summed E-state index contributed by atoms with van der Waals surface area (Å²) in [6.07, 6.45) is 1.87. The summed E-state index contributed by atoms with van der Waals surface area (Å²) in [7, 11) is 6.69. The SMILES string of the molecule is COc1ccccc1-c1nc2c(OC)ccc(OC)c2cc1CN(CC1CCCO1)C(=O)c1cc(C)nn1C. The van der Waals surface area contributed by atoms with Crippen molar-refractivity contribution in [3.05, 3.63) is 65.5 Å². The van der Waals surface area contributed by atoms with E-state index in [2.05, 4.69) is 5.10 Å². The number of benzene rings is 2. The molecule has 0 spiro atoms. The van der Waals surface area contributed by atoms with Crippen LogP contribution in [0.5, 0.6) is 17.2 Å². The van der Waals surface area contributed by atoms with Crippen LogP contribution in [0.15, 0.2) is 48.5 Å². The van der Waals surface area contributed by atoms with E-state index < -0.39 is 0 Å². The van der Waals surface area contributed by atoms with E-state index in [-0.39, 0.29) is 12.0 Å². The number of para-hydroxylation sites is 1. The Labute approximate surface area is 228 Å². The average Bonchev–Trinajstić information content (AvgIpc) is 3.59. The smallest absolute Gasteiger partial charge is 0.272 e. The normalized spacial score (nSPS) is 14.9. The van der Waals surface area contributed by atoms with Crippen molar-refractivity contribution in [3.63, 3.8) is 0 Å². The summed E-state index contributed by atoms with van der Waals surface area (Å²) in [5.74, 6) is 1.88. The summed E-state index contributed by atoms with van der Waals surface area (Å²) in [6, 6.07) is 15.3. The molecular weight excluding hydrogens is 496 g/mol. The number of fused-ring (bicyclic) bond motifs is 1. The highest BCUT2D eigenvalue weighted by Gasteiger charge is 2.28. The summed E-state index contributed by atoms with van der Waals surface area (Å²) in [5, 5.41) is 5.20. The van der Waals surface area contributed by atoms with Crippen LogP contribution in [0.1, 0.15) is 34.6 Å². The number of pyridine rings is 1. The molecule has 0 aliphatic carbocycles. The number of rotatable bonds is 9. The summed E-state index contributed by atoms with van der Waals surface area (Å²) in [5.41, 5.74) is 4.36. The van der Waals surface area contributed by atoms with Gasteiger partial charge >= 0.3 is 0 Å². The largest absolute Gasteiger partial charge is 0.496 e. The second-order valence-electron chi connectivity index (χ2n) is 9.68. The molecule has 204 valence electrons. The molecule has 0 saturated carbocycles. The zero-order valence-electron chi connectivity index (χ0n) is 23.1. The third-order valence-corrected chi connectivity index (χ3v) is 7.11. The minimum atomic E-state index is -0.114. The second-order valence-corrected chi connectivity index (χ2v) is 9.68. The Morgan fingerprint density at radius 3 is 2.46 bits per heavy atom. The fraction of sp³-hybridized carbons (Fsp3) is 0.367. The number of ether oxygens (including phenoxy) is 4. The van der Waals surface area contributed by atoms with Gasteiger partial charge in [0.05, 0.1) is 38.8 Å². The number of hydrogen-bond donors (Lipinski definition) is 0. The van der Waals surface area contributed by atoms with Gasteiger partial charge in [0.15, 0.2) is 0 Å². The predicted octanol–water partition coefficient (Wildman–Crippen LogP) is 4.79. The van der Waals surface area contributed by atoms with Gasteiger partial charge in [0.25, 0.3) is 5.91 Å². The molecular formula is C30H34N4O5. The van der Waals surface area contributed by atoms with Crippen LogP contribution in [-0.2, 0) is 18.3 Å². The van der Waals surface area contributed by atoms with Crippen LogP contribution >= 0.6 is 0 Å². The van der Waals surface area contributed by atoms with Gasteiger partial charge in [-0.05, 0) is 61.7 Å². The molecule has 1 amide bonds. The van der Waals surface area contributed by atoms with E-state index in [0.717, 1.165) is 35.0 Å². The Hall–Kier alpha value is -4.11. The molecule has 1 fully saturated rings. The standard InChI is InChI=1S/C30H34N4O5/c1-19-15-24(33(2)32-19)30(35)34(18-21-9-8-14-39-21)17-20-16-23-26(37-4)12-13-27(38-5)29(23)31-28(20)22-10-6-7-11-25(22)36-3/h6-7,10-13,15-16,21H,8-9,14,17-18H2,1-5H3. The van der Waals surface area contributed by atoms with Gasteiger partial charge in [-0.15, -0.1) is 0 Å². The van der Waals surface area contributed by atoms with Crippen molar-refractivity contribution < 1.29 is 23.7 Å². The molecule has 2 aromatic carbocycles. The van der Waals surface area contributed by atoms with Crippen LogP contribution in [0.25, 0.3) is 22.2 Å². The van der Waals surface area contributed by atoms with Crippen molar-refractivity contribution >= 4 is 16.8 Å². The number of aromatic nitrogens is 3. The van der Waals surface area contributed by atoms with Gasteiger partial charge in [-0.1, -0.05) is 12.1 Å². The van der Waals surface area contributed by atoms with Crippen LogP contribution < -0.4 is 14.2 Å². The summed E-state index contributed by atoms with van der Waals surface area (Å²) >= 11 is 0. The van der Waals surface area contributed by atoms with Crippen LogP contribution in [0.3, 0.4) is 0 Å². The first kappa shape index (κ1) is 26.5. The Kier molecular flexibility index (Phi) is 7.70. The van der Waals surface area contributed by atoms with Gasteiger partial charge < -0.3 is 23.8 Å². The molecule has 3 heterocycles. The Morgan fingerprint density at radius 1 is 1.05 bits per heavy atom. The van der Waals surface area contributed by atoms with Crippen LogP contribution in [0, 0.1) is 6.92 Å². The van der Waals surface area contributed by atoms with Crippen molar-refractivity contribution in [1.82, 2.24) is 19.7 Å². The lowest BCUT2D eigenvalue weighted by molar-refractivity contribution is 0.0499. The van der Waals surface area contributed by atoms with Crippen molar-refractivity contribution in [1.29, 1.82) is 0 Å². The topological polar surface area (TPSA) is 87.9 Å². The molecule has 1 unspecified atom stereocenters. The molecule has 0 radical (unpaired) electrons. The number of amides is 1. The van der Waals surface area contributed by atoms with Crippen molar-refractivity contribution in [2.45, 2.75) is 32.4 Å². The van der Waals surface area contributed by atoms with Crippen molar-refractivity contribution in [2.24, 2.45) is 7.05 Å². The number of methoxy groups -OCH3 is 3. The molecule has 39 heavy (non-hydrogen) atoms. The van der Waals surface area contributed by atoms with E-state index in [4.69, 9.17) is 23.9 Å². The number of hydrogen-bond acceptors (Lipinski definition) is 7. The van der Waals surface area contributed by atoms with E-state index in [1.165, 1.54) is 0 Å². The molecule has 1 atom stereocenters. The maximum Gasteiger partial charge on any atom is 0.272 e. The maximum atomic E-state index is 13.9. The molecule has 0 bridgehead atoms. The molecule has 4 aromatic rings. The van der Waals surface area contributed by atoms with Crippen LogP contribution in [-0.4, -0.2) is 66.2 Å². The first-order valence-corrected chi connectivity index (χ1v) is 13.0. The molecule has 1 saturated heterocycles. The first-order valence-electron chi connectivity index (χ1n) is 13.0. The minimum Gasteiger partial charge on any atom is -0.496 e. The predicted molar refractivity (Wildman–Crippen MR) is 148 cm³/mol. The van der Waals surface area contributed by atoms with Crippen molar-refractivity contribution in [2.75, 3.05) is 34.5 Å². The molecule has 0 N–H and O–H groups in total. The third kappa shape index (κ3) is 5.27. The molecule has 9 nitrogen and oxygen atoms in total. The average molecular weight is 531 g/mol. The molecule has 9 heteroatoms. The summed E-state index contributed by atoms with van der Waals surface area (Å²) < 4.78 is 24.6. The monoisotopic (exact) mass is 530 g/mol. The highest BCUT2D eigenvalue weighted by atomic mass is 16.5. The van der Waals surface area contributed by atoms with E-state index in [1.807, 2.05) is 60.4 Å².